The third kappa shape index (κ3) is 2.33. The summed E-state index contributed by atoms with van der Waals surface area (Å²) in [6.07, 6.45) is 6.08. The first kappa shape index (κ1) is 12.1. The van der Waals surface area contributed by atoms with Gasteiger partial charge in [0.25, 0.3) is 0 Å². The molecule has 2 N–H and O–H groups in total. The molecule has 2 atom stereocenters. The van der Waals surface area contributed by atoms with Crippen LogP contribution in [0.3, 0.4) is 0 Å². The lowest BCUT2D eigenvalue weighted by molar-refractivity contribution is 0.131. The van der Waals surface area contributed by atoms with Gasteiger partial charge in [-0.2, -0.15) is 0 Å². The maximum absolute atomic E-state index is 6.26. The number of nitrogens with zero attached hydrogens (tertiary/aromatic N) is 3. The second-order valence-corrected chi connectivity index (χ2v) is 4.25. The third-order valence-electron chi connectivity index (χ3n) is 3.35. The fourth-order valence-corrected chi connectivity index (χ4v) is 1.64. The Morgan fingerprint density at radius 3 is 2.33 bits per heavy atom. The molecule has 84 valence electrons. The Morgan fingerprint density at radius 1 is 1.40 bits per heavy atom. The molecule has 1 heterocycles. The van der Waals surface area contributed by atoms with Crippen LogP contribution in [0.15, 0.2) is 18.7 Å². The van der Waals surface area contributed by atoms with Gasteiger partial charge in [-0.15, -0.1) is 0 Å². The molecule has 0 bridgehead atoms. The van der Waals surface area contributed by atoms with Gasteiger partial charge in [0.2, 0.25) is 0 Å². The van der Waals surface area contributed by atoms with E-state index in [0.717, 1.165) is 12.0 Å². The van der Waals surface area contributed by atoms with Crippen LogP contribution in [0.25, 0.3) is 0 Å². The first-order valence-corrected chi connectivity index (χ1v) is 5.20. The molecule has 1 aromatic heterocycles. The van der Waals surface area contributed by atoms with E-state index in [4.69, 9.17) is 5.73 Å². The van der Waals surface area contributed by atoms with Gasteiger partial charge in [-0.25, -0.2) is 9.97 Å². The predicted molar refractivity (Wildman–Crippen MR) is 61.3 cm³/mol. The highest BCUT2D eigenvalue weighted by molar-refractivity contribution is 5.15. The van der Waals surface area contributed by atoms with Gasteiger partial charge in [-0.05, 0) is 27.4 Å². The van der Waals surface area contributed by atoms with Crippen LogP contribution in [0.5, 0.6) is 0 Å². The molecule has 4 nitrogen and oxygen atoms in total. The summed E-state index contributed by atoms with van der Waals surface area (Å²) in [6, 6.07) is -0.0706. The van der Waals surface area contributed by atoms with Crippen molar-refractivity contribution in [2.45, 2.75) is 31.8 Å². The molecule has 0 saturated carbocycles. The van der Waals surface area contributed by atoms with Crippen molar-refractivity contribution in [3.63, 3.8) is 0 Å². The second kappa shape index (κ2) is 4.68. The van der Waals surface area contributed by atoms with Crippen LogP contribution in [0.2, 0.25) is 0 Å². The van der Waals surface area contributed by atoms with E-state index in [-0.39, 0.29) is 11.6 Å². The average molecular weight is 208 g/mol. The van der Waals surface area contributed by atoms with E-state index in [1.165, 1.54) is 6.33 Å². The lowest BCUT2D eigenvalue weighted by Gasteiger charge is -2.40. The Hall–Kier alpha value is -1.00. The summed E-state index contributed by atoms with van der Waals surface area (Å²) in [6.45, 7) is 4.30. The molecular formula is C11H20N4. The van der Waals surface area contributed by atoms with Crippen molar-refractivity contribution in [1.82, 2.24) is 14.9 Å². The first-order valence-electron chi connectivity index (χ1n) is 5.20. The van der Waals surface area contributed by atoms with Gasteiger partial charge in [-0.1, -0.05) is 6.92 Å². The summed E-state index contributed by atoms with van der Waals surface area (Å²) in [5.41, 5.74) is 7.18. The molecule has 0 aliphatic rings. The molecule has 0 aliphatic heterocycles. The number of aromatic nitrogens is 2. The normalized spacial score (nSPS) is 17.5. The highest BCUT2D eigenvalue weighted by Crippen LogP contribution is 2.29. The lowest BCUT2D eigenvalue weighted by Crippen LogP contribution is -2.49. The molecule has 0 saturated heterocycles. The molecule has 0 spiro atoms. The lowest BCUT2D eigenvalue weighted by atomic mass is 9.85. The summed E-state index contributed by atoms with van der Waals surface area (Å²) >= 11 is 0. The van der Waals surface area contributed by atoms with Gasteiger partial charge in [-0.3, -0.25) is 0 Å². The Kier molecular flexibility index (Phi) is 3.77. The second-order valence-electron chi connectivity index (χ2n) is 4.25. The Labute approximate surface area is 91.5 Å². The average Bonchev–Trinajstić information content (AvgIpc) is 2.28. The van der Waals surface area contributed by atoms with E-state index in [9.17, 15) is 0 Å². The Balaban J connectivity index is 2.97. The molecule has 0 radical (unpaired) electrons. The number of likely N-dealkylation sites (N-methyl/N-ethyl adjacent to an activating group) is 1. The van der Waals surface area contributed by atoms with E-state index in [1.807, 2.05) is 14.1 Å². The zero-order valence-corrected chi connectivity index (χ0v) is 9.94. The summed E-state index contributed by atoms with van der Waals surface area (Å²) in [5, 5.41) is 0. The van der Waals surface area contributed by atoms with Crippen LogP contribution >= 0.6 is 0 Å². The third-order valence-corrected chi connectivity index (χ3v) is 3.35. The monoisotopic (exact) mass is 208 g/mol. The van der Waals surface area contributed by atoms with Crippen molar-refractivity contribution in [2.75, 3.05) is 14.1 Å². The summed E-state index contributed by atoms with van der Waals surface area (Å²) < 4.78 is 0. The summed E-state index contributed by atoms with van der Waals surface area (Å²) in [4.78, 5) is 10.2. The fraction of sp³-hybridized carbons (Fsp3) is 0.636. The molecule has 15 heavy (non-hydrogen) atoms. The number of nitrogens with two attached hydrogens (primary N) is 1. The van der Waals surface area contributed by atoms with E-state index < -0.39 is 0 Å². The SMILES string of the molecule is CCC(C)(C(N)c1cncnc1)N(C)C. The van der Waals surface area contributed by atoms with Gasteiger partial charge < -0.3 is 10.6 Å². The van der Waals surface area contributed by atoms with Crippen molar-refractivity contribution in [1.29, 1.82) is 0 Å². The highest BCUT2D eigenvalue weighted by atomic mass is 15.2. The Morgan fingerprint density at radius 2 is 1.93 bits per heavy atom. The van der Waals surface area contributed by atoms with E-state index in [1.54, 1.807) is 12.4 Å². The summed E-state index contributed by atoms with van der Waals surface area (Å²) in [5.74, 6) is 0. The number of hydrogen-bond acceptors (Lipinski definition) is 4. The zero-order chi connectivity index (χ0) is 11.5. The number of hydrogen-bond donors (Lipinski definition) is 1. The maximum atomic E-state index is 6.26. The zero-order valence-electron chi connectivity index (χ0n) is 9.94. The molecule has 0 fully saturated rings. The van der Waals surface area contributed by atoms with Crippen LogP contribution in [-0.2, 0) is 0 Å². The molecule has 0 aliphatic carbocycles. The van der Waals surface area contributed by atoms with Crippen LogP contribution < -0.4 is 5.73 Å². The van der Waals surface area contributed by atoms with Gasteiger partial charge in [0.05, 0.1) is 6.04 Å². The van der Waals surface area contributed by atoms with Crippen LogP contribution in [0, 0.1) is 0 Å². The van der Waals surface area contributed by atoms with Crippen LogP contribution in [-0.4, -0.2) is 34.5 Å². The molecule has 1 aromatic rings. The highest BCUT2D eigenvalue weighted by Gasteiger charge is 2.33. The first-order chi connectivity index (χ1) is 7.02. The largest absolute Gasteiger partial charge is 0.322 e. The summed E-state index contributed by atoms with van der Waals surface area (Å²) in [7, 11) is 4.10. The predicted octanol–water partition coefficient (Wildman–Crippen LogP) is 1.21. The standard InChI is InChI=1S/C11H20N4/c1-5-11(2,15(3)4)10(12)9-6-13-8-14-7-9/h6-8,10H,5,12H2,1-4H3. The smallest absolute Gasteiger partial charge is 0.115 e. The van der Waals surface area contributed by atoms with E-state index >= 15 is 0 Å². The minimum Gasteiger partial charge on any atom is -0.322 e. The van der Waals surface area contributed by atoms with Crippen molar-refractivity contribution < 1.29 is 0 Å². The van der Waals surface area contributed by atoms with Crippen molar-refractivity contribution in [2.24, 2.45) is 5.73 Å². The van der Waals surface area contributed by atoms with Crippen LogP contribution in [0.1, 0.15) is 31.9 Å². The van der Waals surface area contributed by atoms with Crippen molar-refractivity contribution >= 4 is 0 Å². The van der Waals surface area contributed by atoms with Gasteiger partial charge >= 0.3 is 0 Å². The number of rotatable bonds is 4. The van der Waals surface area contributed by atoms with E-state index in [0.29, 0.717) is 0 Å². The van der Waals surface area contributed by atoms with Gasteiger partial charge in [0.1, 0.15) is 6.33 Å². The molecule has 0 aromatic carbocycles. The Bertz CT molecular complexity index is 299. The molecular weight excluding hydrogens is 188 g/mol. The van der Waals surface area contributed by atoms with Crippen LogP contribution in [0.4, 0.5) is 0 Å². The maximum Gasteiger partial charge on any atom is 0.115 e. The minimum atomic E-state index is -0.0706. The fourth-order valence-electron chi connectivity index (χ4n) is 1.64. The quantitative estimate of drug-likeness (QED) is 0.808. The van der Waals surface area contributed by atoms with Gasteiger partial charge in [0.15, 0.2) is 0 Å². The molecule has 4 heteroatoms. The molecule has 1 rings (SSSR count). The van der Waals surface area contributed by atoms with Crippen molar-refractivity contribution in [3.8, 4) is 0 Å². The molecule has 2 unspecified atom stereocenters. The minimum absolute atomic E-state index is 0.0648. The molecule has 0 amide bonds. The van der Waals surface area contributed by atoms with Gasteiger partial charge in [0, 0.05) is 23.5 Å². The van der Waals surface area contributed by atoms with E-state index in [2.05, 4.69) is 28.7 Å². The van der Waals surface area contributed by atoms with Crippen molar-refractivity contribution in [3.05, 3.63) is 24.3 Å². The topological polar surface area (TPSA) is 55.0 Å².